The summed E-state index contributed by atoms with van der Waals surface area (Å²) < 4.78 is 2.64. The molecule has 0 saturated heterocycles. The van der Waals surface area contributed by atoms with E-state index in [1.54, 1.807) is 28.0 Å². The second-order valence-electron chi connectivity index (χ2n) is 4.08. The van der Waals surface area contributed by atoms with Crippen LogP contribution in [0.3, 0.4) is 0 Å². The number of hydrogen-bond donors (Lipinski definition) is 1. The van der Waals surface area contributed by atoms with Crippen molar-refractivity contribution in [3.05, 3.63) is 29.0 Å². The molecule has 1 N–H and O–H groups in total. The molecule has 2 aromatic heterocycles. The molecule has 0 spiro atoms. The number of thiazole rings is 1. The Kier molecular flexibility index (Phi) is 4.60. The fraction of sp³-hybridized carbons (Fsp3) is 0.417. The van der Waals surface area contributed by atoms with Crippen molar-refractivity contribution in [2.24, 2.45) is 7.05 Å². The minimum absolute atomic E-state index is 0.0272. The molecule has 0 saturated carbocycles. The Balaban J connectivity index is 2.08. The average Bonchev–Trinajstić information content (AvgIpc) is 3.04. The van der Waals surface area contributed by atoms with Crippen molar-refractivity contribution in [3.8, 4) is 0 Å². The Hall–Kier alpha value is -1.34. The number of nitrogens with one attached hydrogen (secondary N) is 1. The summed E-state index contributed by atoms with van der Waals surface area (Å²) in [5.41, 5.74) is 1.50. The number of thioether (sulfide) groups is 1. The van der Waals surface area contributed by atoms with Gasteiger partial charge in [0.05, 0.1) is 12.2 Å². The number of rotatable bonds is 5. The van der Waals surface area contributed by atoms with Crippen molar-refractivity contribution < 1.29 is 4.79 Å². The first-order chi connectivity index (χ1) is 9.13. The van der Waals surface area contributed by atoms with Gasteiger partial charge in [-0.1, -0.05) is 18.7 Å². The van der Waals surface area contributed by atoms with Crippen LogP contribution in [0.2, 0.25) is 0 Å². The Bertz CT molecular complexity index is 564. The van der Waals surface area contributed by atoms with E-state index in [1.165, 1.54) is 11.3 Å². The molecule has 0 unspecified atom stereocenters. The van der Waals surface area contributed by atoms with E-state index in [0.29, 0.717) is 5.69 Å². The molecule has 2 rings (SSSR count). The van der Waals surface area contributed by atoms with Crippen LogP contribution in [-0.2, 0) is 7.05 Å². The molecule has 0 radical (unpaired) electrons. The van der Waals surface area contributed by atoms with Gasteiger partial charge in [0.1, 0.15) is 10.0 Å². The molecule has 19 heavy (non-hydrogen) atoms. The van der Waals surface area contributed by atoms with Crippen molar-refractivity contribution in [1.82, 2.24) is 20.1 Å². The lowest BCUT2D eigenvalue weighted by Crippen LogP contribution is -2.28. The lowest BCUT2D eigenvalue weighted by Gasteiger charge is -2.14. The molecule has 0 bridgehead atoms. The fourth-order valence-corrected chi connectivity index (χ4v) is 2.97. The van der Waals surface area contributed by atoms with Crippen LogP contribution >= 0.6 is 23.1 Å². The van der Waals surface area contributed by atoms with Crippen LogP contribution in [0.4, 0.5) is 0 Å². The van der Waals surface area contributed by atoms with E-state index in [0.717, 1.165) is 16.3 Å². The van der Waals surface area contributed by atoms with E-state index in [4.69, 9.17) is 0 Å². The van der Waals surface area contributed by atoms with Crippen molar-refractivity contribution in [1.29, 1.82) is 0 Å². The topological polar surface area (TPSA) is 59.8 Å². The summed E-state index contributed by atoms with van der Waals surface area (Å²) in [6.45, 7) is 2.03. The highest BCUT2D eigenvalue weighted by Crippen LogP contribution is 2.21. The zero-order valence-electron chi connectivity index (χ0n) is 11.1. The molecule has 0 aliphatic carbocycles. The molecular formula is C12H16N4OS2. The summed E-state index contributed by atoms with van der Waals surface area (Å²) in [5, 5.41) is 8.91. The van der Waals surface area contributed by atoms with E-state index in [-0.39, 0.29) is 11.9 Å². The largest absolute Gasteiger partial charge is 0.344 e. The third-order valence-corrected chi connectivity index (χ3v) is 4.59. The molecule has 0 aliphatic rings. The minimum atomic E-state index is -0.132. The van der Waals surface area contributed by atoms with E-state index < -0.39 is 0 Å². The van der Waals surface area contributed by atoms with Crippen LogP contribution in [0.1, 0.15) is 35.4 Å². The average molecular weight is 296 g/mol. The molecule has 0 aromatic carbocycles. The van der Waals surface area contributed by atoms with Crippen molar-refractivity contribution in [3.63, 3.8) is 0 Å². The summed E-state index contributed by atoms with van der Waals surface area (Å²) in [6, 6.07) is -0.0272. The summed E-state index contributed by atoms with van der Waals surface area (Å²) in [6.07, 6.45) is 6.47. The highest BCUT2D eigenvalue weighted by atomic mass is 32.2. The maximum Gasteiger partial charge on any atom is 0.271 e. The number of aryl methyl sites for hydroxylation is 1. The number of amides is 1. The van der Waals surface area contributed by atoms with Gasteiger partial charge < -0.3 is 5.32 Å². The van der Waals surface area contributed by atoms with Crippen molar-refractivity contribution >= 4 is 29.0 Å². The van der Waals surface area contributed by atoms with E-state index in [1.807, 2.05) is 26.4 Å². The highest BCUT2D eigenvalue weighted by molar-refractivity contribution is 8.00. The van der Waals surface area contributed by atoms with Crippen LogP contribution in [0.25, 0.3) is 0 Å². The van der Waals surface area contributed by atoms with Crippen LogP contribution in [0.5, 0.6) is 0 Å². The second-order valence-corrected chi connectivity index (χ2v) is 6.00. The monoisotopic (exact) mass is 296 g/mol. The highest BCUT2D eigenvalue weighted by Gasteiger charge is 2.17. The van der Waals surface area contributed by atoms with Gasteiger partial charge in [-0.15, -0.1) is 11.3 Å². The molecule has 5 nitrogen and oxygen atoms in total. The van der Waals surface area contributed by atoms with Crippen LogP contribution in [0, 0.1) is 0 Å². The molecule has 1 atom stereocenters. The number of nitrogens with zero attached hydrogens (tertiary/aromatic N) is 3. The Labute approximate surface area is 120 Å². The number of carbonyl (C=O) groups excluding carboxylic acids is 1. The molecular weight excluding hydrogens is 280 g/mol. The van der Waals surface area contributed by atoms with Crippen LogP contribution in [0.15, 0.2) is 22.1 Å². The molecule has 2 aromatic rings. The van der Waals surface area contributed by atoms with Crippen molar-refractivity contribution in [2.45, 2.75) is 23.7 Å². The number of carbonyl (C=O) groups is 1. The number of aromatic nitrogens is 3. The van der Waals surface area contributed by atoms with Gasteiger partial charge in [-0.3, -0.25) is 9.48 Å². The first-order valence-corrected chi connectivity index (χ1v) is 8.03. The Morgan fingerprint density at radius 1 is 1.63 bits per heavy atom. The van der Waals surface area contributed by atoms with Crippen LogP contribution < -0.4 is 5.32 Å². The fourth-order valence-electron chi connectivity index (χ4n) is 1.73. The summed E-state index contributed by atoms with van der Waals surface area (Å²) in [7, 11) is 1.86. The summed E-state index contributed by atoms with van der Waals surface area (Å²) in [5.74, 6) is -0.132. The maximum atomic E-state index is 12.1. The van der Waals surface area contributed by atoms with E-state index >= 15 is 0 Å². The van der Waals surface area contributed by atoms with Gasteiger partial charge in [0.25, 0.3) is 5.91 Å². The smallest absolute Gasteiger partial charge is 0.271 e. The summed E-state index contributed by atoms with van der Waals surface area (Å²) in [4.78, 5) is 16.4. The predicted octanol–water partition coefficient (Wildman–Crippen LogP) is 2.48. The molecule has 0 fully saturated rings. The molecule has 7 heteroatoms. The lowest BCUT2D eigenvalue weighted by atomic mass is 10.1. The molecule has 0 aliphatic heterocycles. The van der Waals surface area contributed by atoms with Gasteiger partial charge >= 0.3 is 0 Å². The zero-order chi connectivity index (χ0) is 13.8. The van der Waals surface area contributed by atoms with Crippen LogP contribution in [-0.4, -0.2) is 26.9 Å². The Morgan fingerprint density at radius 3 is 2.95 bits per heavy atom. The zero-order valence-corrected chi connectivity index (χ0v) is 12.7. The maximum absolute atomic E-state index is 12.1. The normalized spacial score (nSPS) is 12.4. The minimum Gasteiger partial charge on any atom is -0.344 e. The van der Waals surface area contributed by atoms with Gasteiger partial charge in [0, 0.05) is 24.2 Å². The number of hydrogen-bond acceptors (Lipinski definition) is 5. The standard InChI is InChI=1S/C12H16N4OS2/c1-4-9(8-5-13-16(2)6-8)14-11(17)10-7-19-12(15-10)18-3/h5-7,9H,4H2,1-3H3,(H,14,17)/t9-/m1/s1. The van der Waals surface area contributed by atoms with Gasteiger partial charge in [0.2, 0.25) is 0 Å². The van der Waals surface area contributed by atoms with Gasteiger partial charge in [-0.05, 0) is 12.7 Å². The van der Waals surface area contributed by atoms with Gasteiger partial charge in [-0.2, -0.15) is 5.10 Å². The first-order valence-electron chi connectivity index (χ1n) is 5.93. The molecule has 1 amide bonds. The SMILES string of the molecule is CC[C@@H](NC(=O)c1csc(SC)n1)c1cnn(C)c1. The van der Waals surface area contributed by atoms with E-state index in [2.05, 4.69) is 15.4 Å². The van der Waals surface area contributed by atoms with Gasteiger partial charge in [0.15, 0.2) is 0 Å². The molecule has 102 valence electrons. The second kappa shape index (κ2) is 6.21. The first kappa shape index (κ1) is 14.1. The summed E-state index contributed by atoms with van der Waals surface area (Å²) >= 11 is 3.03. The predicted molar refractivity (Wildman–Crippen MR) is 77.6 cm³/mol. The molecule has 2 heterocycles. The Morgan fingerprint density at radius 2 is 2.42 bits per heavy atom. The van der Waals surface area contributed by atoms with Gasteiger partial charge in [-0.25, -0.2) is 4.98 Å². The quantitative estimate of drug-likeness (QED) is 0.861. The van der Waals surface area contributed by atoms with Crippen molar-refractivity contribution in [2.75, 3.05) is 6.26 Å². The lowest BCUT2D eigenvalue weighted by molar-refractivity contribution is 0.0931. The third-order valence-electron chi connectivity index (χ3n) is 2.73. The van der Waals surface area contributed by atoms with E-state index in [9.17, 15) is 4.79 Å². The third kappa shape index (κ3) is 3.36.